The van der Waals surface area contributed by atoms with E-state index in [1.165, 1.54) is 0 Å². The molecule has 82 valence electrons. The summed E-state index contributed by atoms with van der Waals surface area (Å²) in [6, 6.07) is 6.90. The maximum Gasteiger partial charge on any atom is 0.220 e. The largest absolute Gasteiger partial charge is 0.507 e. The molecule has 2 aromatic rings. The molecule has 0 bridgehead atoms. The Bertz CT molecular complexity index is 574. The molecule has 0 fully saturated rings. The van der Waals surface area contributed by atoms with Crippen LogP contribution in [-0.4, -0.2) is 17.7 Å². The highest BCUT2D eigenvalue weighted by molar-refractivity contribution is 5.87. The highest BCUT2D eigenvalue weighted by atomic mass is 16.5. The van der Waals surface area contributed by atoms with Gasteiger partial charge in [0, 0.05) is 13.0 Å². The SMILES string of the molecule is CC1=NN(c2cc3c(O)cccc3o2)CO1. The van der Waals surface area contributed by atoms with Crippen LogP contribution in [0.5, 0.6) is 5.75 Å². The van der Waals surface area contributed by atoms with Crippen LogP contribution in [0.15, 0.2) is 33.8 Å². The van der Waals surface area contributed by atoms with E-state index in [2.05, 4.69) is 5.10 Å². The molecule has 0 saturated heterocycles. The van der Waals surface area contributed by atoms with Gasteiger partial charge in [0.05, 0.1) is 5.39 Å². The van der Waals surface area contributed by atoms with Crippen molar-refractivity contribution in [3.63, 3.8) is 0 Å². The van der Waals surface area contributed by atoms with Crippen molar-refractivity contribution in [3.8, 4) is 5.75 Å². The number of fused-ring (bicyclic) bond motifs is 1. The monoisotopic (exact) mass is 218 g/mol. The number of phenols is 1. The molecular formula is C11H10N2O3. The maximum absolute atomic E-state index is 9.63. The molecule has 1 aromatic carbocycles. The summed E-state index contributed by atoms with van der Waals surface area (Å²) in [5.74, 6) is 1.37. The van der Waals surface area contributed by atoms with Gasteiger partial charge in [-0.3, -0.25) is 0 Å². The molecule has 5 nitrogen and oxygen atoms in total. The number of rotatable bonds is 1. The molecule has 5 heteroatoms. The Morgan fingerprint density at radius 1 is 1.44 bits per heavy atom. The Kier molecular flexibility index (Phi) is 1.80. The first-order valence-electron chi connectivity index (χ1n) is 4.91. The van der Waals surface area contributed by atoms with E-state index in [4.69, 9.17) is 9.15 Å². The van der Waals surface area contributed by atoms with E-state index < -0.39 is 0 Å². The van der Waals surface area contributed by atoms with Gasteiger partial charge in [-0.05, 0) is 12.1 Å². The molecule has 16 heavy (non-hydrogen) atoms. The second-order valence-corrected chi connectivity index (χ2v) is 3.57. The van der Waals surface area contributed by atoms with Gasteiger partial charge in [-0.2, -0.15) is 5.01 Å². The number of aromatic hydroxyl groups is 1. The van der Waals surface area contributed by atoms with Crippen molar-refractivity contribution in [1.82, 2.24) is 0 Å². The third-order valence-corrected chi connectivity index (χ3v) is 2.44. The van der Waals surface area contributed by atoms with Crippen LogP contribution in [0.4, 0.5) is 5.88 Å². The maximum atomic E-state index is 9.63. The number of ether oxygens (including phenoxy) is 1. The van der Waals surface area contributed by atoms with Crippen molar-refractivity contribution in [2.24, 2.45) is 5.10 Å². The first kappa shape index (κ1) is 9.08. The average Bonchev–Trinajstić information content (AvgIpc) is 2.84. The Hall–Kier alpha value is -2.17. The summed E-state index contributed by atoms with van der Waals surface area (Å²) in [6.45, 7) is 2.12. The predicted molar refractivity (Wildman–Crippen MR) is 59.4 cm³/mol. The lowest BCUT2D eigenvalue weighted by molar-refractivity contribution is 0.329. The molecule has 0 atom stereocenters. The highest BCUT2D eigenvalue weighted by Crippen LogP contribution is 2.32. The summed E-state index contributed by atoms with van der Waals surface area (Å²) in [5.41, 5.74) is 0.634. The van der Waals surface area contributed by atoms with Crippen LogP contribution in [0.25, 0.3) is 11.0 Å². The fourth-order valence-corrected chi connectivity index (χ4v) is 1.65. The molecule has 3 rings (SSSR count). The number of anilines is 1. The summed E-state index contributed by atoms with van der Waals surface area (Å²) < 4.78 is 10.8. The van der Waals surface area contributed by atoms with Gasteiger partial charge in [-0.25, -0.2) is 0 Å². The molecule has 0 unspecified atom stereocenters. The van der Waals surface area contributed by atoms with E-state index in [1.54, 1.807) is 36.2 Å². The second-order valence-electron chi connectivity index (χ2n) is 3.57. The van der Waals surface area contributed by atoms with Crippen molar-refractivity contribution in [2.45, 2.75) is 6.92 Å². The number of benzene rings is 1. The quantitative estimate of drug-likeness (QED) is 0.797. The lowest BCUT2D eigenvalue weighted by atomic mass is 10.2. The van der Waals surface area contributed by atoms with Crippen molar-refractivity contribution in [2.75, 3.05) is 11.7 Å². The Morgan fingerprint density at radius 2 is 2.31 bits per heavy atom. The van der Waals surface area contributed by atoms with Crippen LogP contribution < -0.4 is 5.01 Å². The minimum absolute atomic E-state index is 0.202. The summed E-state index contributed by atoms with van der Waals surface area (Å²) in [4.78, 5) is 0. The van der Waals surface area contributed by atoms with E-state index >= 15 is 0 Å². The smallest absolute Gasteiger partial charge is 0.220 e. The van der Waals surface area contributed by atoms with Gasteiger partial charge in [0.15, 0.2) is 6.73 Å². The minimum atomic E-state index is 0.202. The fraction of sp³-hybridized carbons (Fsp3) is 0.182. The number of hydrazone groups is 1. The zero-order valence-electron chi connectivity index (χ0n) is 8.67. The molecule has 2 heterocycles. The summed E-state index contributed by atoms with van der Waals surface area (Å²) in [6.07, 6.45) is 0. The normalized spacial score (nSPS) is 15.3. The number of phenolic OH excluding ortho intramolecular Hbond substituents is 1. The van der Waals surface area contributed by atoms with E-state index in [0.717, 1.165) is 0 Å². The highest BCUT2D eigenvalue weighted by Gasteiger charge is 2.18. The van der Waals surface area contributed by atoms with Gasteiger partial charge in [-0.1, -0.05) is 6.07 Å². The lowest BCUT2D eigenvalue weighted by Gasteiger charge is -2.05. The average molecular weight is 218 g/mol. The number of hydrogen-bond acceptors (Lipinski definition) is 5. The molecule has 0 amide bonds. The van der Waals surface area contributed by atoms with E-state index in [0.29, 0.717) is 29.5 Å². The van der Waals surface area contributed by atoms with Crippen LogP contribution in [0, 0.1) is 0 Å². The van der Waals surface area contributed by atoms with E-state index in [9.17, 15) is 5.11 Å². The molecule has 0 aliphatic carbocycles. The predicted octanol–water partition coefficient (Wildman–Crippen LogP) is 2.27. The topological polar surface area (TPSA) is 58.2 Å². The first-order valence-corrected chi connectivity index (χ1v) is 4.91. The van der Waals surface area contributed by atoms with Gasteiger partial charge in [0.1, 0.15) is 11.3 Å². The zero-order chi connectivity index (χ0) is 11.1. The number of nitrogens with zero attached hydrogens (tertiary/aromatic N) is 2. The first-order chi connectivity index (χ1) is 7.74. The minimum Gasteiger partial charge on any atom is -0.507 e. The molecule has 1 aliphatic rings. The third kappa shape index (κ3) is 1.29. The van der Waals surface area contributed by atoms with Crippen LogP contribution in [0.3, 0.4) is 0 Å². The van der Waals surface area contributed by atoms with Crippen molar-refractivity contribution >= 4 is 22.8 Å². The van der Waals surface area contributed by atoms with E-state index in [-0.39, 0.29) is 5.75 Å². The summed E-state index contributed by atoms with van der Waals surface area (Å²) in [5, 5.41) is 16.1. The molecule has 1 aromatic heterocycles. The van der Waals surface area contributed by atoms with Gasteiger partial charge >= 0.3 is 0 Å². The Balaban J connectivity index is 2.09. The van der Waals surface area contributed by atoms with Gasteiger partial charge in [0.25, 0.3) is 0 Å². The fourth-order valence-electron chi connectivity index (χ4n) is 1.65. The van der Waals surface area contributed by atoms with Crippen LogP contribution in [0.1, 0.15) is 6.92 Å². The second kappa shape index (κ2) is 3.16. The van der Waals surface area contributed by atoms with Crippen LogP contribution in [-0.2, 0) is 4.74 Å². The standard InChI is InChI=1S/C11H10N2O3/c1-7-12-13(6-15-7)11-5-8-9(14)3-2-4-10(8)16-11/h2-5,14H,6H2,1H3. The van der Waals surface area contributed by atoms with Crippen LogP contribution in [0.2, 0.25) is 0 Å². The zero-order valence-corrected chi connectivity index (χ0v) is 8.67. The lowest BCUT2D eigenvalue weighted by Crippen LogP contribution is -2.11. The van der Waals surface area contributed by atoms with Gasteiger partial charge in [0.2, 0.25) is 11.8 Å². The Morgan fingerprint density at radius 3 is 3.00 bits per heavy atom. The molecule has 0 radical (unpaired) electrons. The summed E-state index contributed by atoms with van der Waals surface area (Å²) in [7, 11) is 0. The van der Waals surface area contributed by atoms with Crippen molar-refractivity contribution in [3.05, 3.63) is 24.3 Å². The van der Waals surface area contributed by atoms with Crippen molar-refractivity contribution < 1.29 is 14.3 Å². The molecule has 0 spiro atoms. The molecule has 1 aliphatic heterocycles. The molecule has 1 N–H and O–H groups in total. The van der Waals surface area contributed by atoms with Gasteiger partial charge < -0.3 is 14.3 Å². The van der Waals surface area contributed by atoms with E-state index in [1.807, 2.05) is 0 Å². The van der Waals surface area contributed by atoms with Crippen LogP contribution >= 0.6 is 0 Å². The molecular weight excluding hydrogens is 208 g/mol. The third-order valence-electron chi connectivity index (χ3n) is 2.44. The number of hydrogen-bond donors (Lipinski definition) is 1. The van der Waals surface area contributed by atoms with Gasteiger partial charge in [-0.15, -0.1) is 5.10 Å². The molecule has 0 saturated carbocycles. The summed E-state index contributed by atoms with van der Waals surface area (Å²) >= 11 is 0. The number of furan rings is 1. The van der Waals surface area contributed by atoms with Crippen molar-refractivity contribution in [1.29, 1.82) is 0 Å². The Labute approximate surface area is 91.5 Å².